The van der Waals surface area contributed by atoms with Gasteiger partial charge in [-0.3, -0.25) is 4.79 Å². The predicted octanol–water partition coefficient (Wildman–Crippen LogP) is 4.89. The smallest absolute Gasteiger partial charge is 0.340 e. The first-order valence-corrected chi connectivity index (χ1v) is 8.75. The van der Waals surface area contributed by atoms with E-state index in [1.165, 1.54) is 0 Å². The average Bonchev–Trinajstić information content (AvgIpc) is 2.71. The summed E-state index contributed by atoms with van der Waals surface area (Å²) in [6.07, 6.45) is 0. The van der Waals surface area contributed by atoms with Gasteiger partial charge in [-0.05, 0) is 37.3 Å². The van der Waals surface area contributed by atoms with Gasteiger partial charge in [0.2, 0.25) is 0 Å². The number of anilines is 4. The van der Waals surface area contributed by atoms with E-state index in [1.54, 1.807) is 37.3 Å². The third kappa shape index (κ3) is 3.15. The second-order valence-corrected chi connectivity index (χ2v) is 6.15. The summed E-state index contributed by atoms with van der Waals surface area (Å²) in [4.78, 5) is 24.9. The zero-order valence-corrected chi connectivity index (χ0v) is 14.8. The molecule has 0 unspecified atom stereocenters. The number of rotatable bonds is 4. The van der Waals surface area contributed by atoms with Gasteiger partial charge in [0.1, 0.15) is 0 Å². The van der Waals surface area contributed by atoms with E-state index in [1.807, 2.05) is 36.4 Å². The fourth-order valence-corrected chi connectivity index (χ4v) is 3.10. The summed E-state index contributed by atoms with van der Waals surface area (Å²) in [5.74, 6) is -0.408. The second kappa shape index (κ2) is 6.96. The molecular weight excluding hydrogens is 340 g/mol. The van der Waals surface area contributed by atoms with E-state index < -0.39 is 0 Å². The highest BCUT2D eigenvalue weighted by molar-refractivity contribution is 6.11. The summed E-state index contributed by atoms with van der Waals surface area (Å²) in [7, 11) is 0. The Bertz CT molecular complexity index is 1030. The van der Waals surface area contributed by atoms with E-state index in [0.29, 0.717) is 29.0 Å². The first-order valence-electron chi connectivity index (χ1n) is 8.75. The number of esters is 1. The molecule has 0 aliphatic carbocycles. The number of ether oxygens (including phenoxy) is 1. The van der Waals surface area contributed by atoms with Gasteiger partial charge in [-0.15, -0.1) is 0 Å². The lowest BCUT2D eigenvalue weighted by molar-refractivity contribution is 0.0527. The molecule has 1 aliphatic heterocycles. The van der Waals surface area contributed by atoms with Crippen molar-refractivity contribution in [2.75, 3.05) is 17.2 Å². The van der Waals surface area contributed by atoms with Crippen molar-refractivity contribution in [3.8, 4) is 0 Å². The number of hydrogen-bond acceptors (Lipinski definition) is 5. The van der Waals surface area contributed by atoms with Crippen LogP contribution in [-0.4, -0.2) is 18.4 Å². The molecule has 5 nitrogen and oxygen atoms in total. The molecule has 0 atom stereocenters. The summed E-state index contributed by atoms with van der Waals surface area (Å²) in [6, 6.07) is 20.0. The molecule has 1 aliphatic rings. The maximum absolute atomic E-state index is 12.7. The van der Waals surface area contributed by atoms with Crippen LogP contribution in [0.4, 0.5) is 22.7 Å². The quantitative estimate of drug-likeness (QED) is 0.401. The van der Waals surface area contributed by atoms with Crippen LogP contribution in [0, 0.1) is 0 Å². The average molecular weight is 358 g/mol. The number of nitrogens with one attached hydrogen (secondary N) is 2. The predicted molar refractivity (Wildman–Crippen MR) is 105 cm³/mol. The summed E-state index contributed by atoms with van der Waals surface area (Å²) in [5.41, 5.74) is 4.72. The lowest BCUT2D eigenvalue weighted by Crippen LogP contribution is -2.13. The Morgan fingerprint density at radius 2 is 1.63 bits per heavy atom. The number of fused-ring (bicyclic) bond motifs is 2. The van der Waals surface area contributed by atoms with Gasteiger partial charge in [-0.2, -0.15) is 0 Å². The van der Waals surface area contributed by atoms with Crippen molar-refractivity contribution in [3.05, 3.63) is 83.4 Å². The van der Waals surface area contributed by atoms with E-state index in [0.717, 1.165) is 17.1 Å². The van der Waals surface area contributed by atoms with Gasteiger partial charge in [-0.1, -0.05) is 36.4 Å². The Balaban J connectivity index is 1.67. The van der Waals surface area contributed by atoms with Gasteiger partial charge in [-0.25, -0.2) is 4.79 Å². The third-order valence-electron chi connectivity index (χ3n) is 4.41. The molecule has 0 spiro atoms. The fourth-order valence-electron chi connectivity index (χ4n) is 3.10. The van der Waals surface area contributed by atoms with Crippen molar-refractivity contribution >= 4 is 34.5 Å². The van der Waals surface area contributed by atoms with Crippen molar-refractivity contribution in [1.82, 2.24) is 0 Å². The summed E-state index contributed by atoms with van der Waals surface area (Å²) in [6.45, 7) is 2.09. The third-order valence-corrected chi connectivity index (χ3v) is 4.41. The van der Waals surface area contributed by atoms with Crippen molar-refractivity contribution in [2.24, 2.45) is 0 Å². The Kier molecular flexibility index (Phi) is 4.34. The van der Waals surface area contributed by atoms with Gasteiger partial charge < -0.3 is 15.4 Å². The van der Waals surface area contributed by atoms with Crippen LogP contribution in [0.25, 0.3) is 0 Å². The van der Waals surface area contributed by atoms with Crippen LogP contribution in [0.5, 0.6) is 0 Å². The lowest BCUT2D eigenvalue weighted by Gasteiger charge is -2.25. The van der Waals surface area contributed by atoms with E-state index in [4.69, 9.17) is 4.74 Å². The maximum Gasteiger partial charge on any atom is 0.340 e. The van der Waals surface area contributed by atoms with E-state index in [9.17, 15) is 9.59 Å². The van der Waals surface area contributed by atoms with E-state index in [-0.39, 0.29) is 11.8 Å². The molecule has 0 saturated heterocycles. The Labute approximate surface area is 157 Å². The molecule has 3 aromatic rings. The van der Waals surface area contributed by atoms with Gasteiger partial charge >= 0.3 is 5.97 Å². The van der Waals surface area contributed by atoms with E-state index >= 15 is 0 Å². The van der Waals surface area contributed by atoms with Gasteiger partial charge in [0.25, 0.3) is 0 Å². The molecule has 0 amide bonds. The molecule has 3 aromatic carbocycles. The highest BCUT2D eigenvalue weighted by atomic mass is 16.5. The normalized spacial score (nSPS) is 11.4. The minimum Gasteiger partial charge on any atom is -0.462 e. The molecule has 2 N–H and O–H groups in total. The molecule has 4 rings (SSSR count). The van der Waals surface area contributed by atoms with Crippen LogP contribution in [-0.2, 0) is 4.74 Å². The van der Waals surface area contributed by atoms with Crippen molar-refractivity contribution < 1.29 is 14.3 Å². The zero-order valence-electron chi connectivity index (χ0n) is 14.8. The Morgan fingerprint density at radius 3 is 2.41 bits per heavy atom. The van der Waals surface area contributed by atoms with Crippen LogP contribution in [0.1, 0.15) is 33.2 Å². The summed E-state index contributed by atoms with van der Waals surface area (Å²) >= 11 is 0. The van der Waals surface area contributed by atoms with Crippen LogP contribution in [0.15, 0.2) is 66.7 Å². The molecular formula is C22H18N2O3. The van der Waals surface area contributed by atoms with Gasteiger partial charge in [0.15, 0.2) is 5.78 Å². The monoisotopic (exact) mass is 358 g/mol. The van der Waals surface area contributed by atoms with Gasteiger partial charge in [0, 0.05) is 11.1 Å². The lowest BCUT2D eigenvalue weighted by atomic mass is 10.0. The number of hydrogen-bond donors (Lipinski definition) is 2. The number of carbonyl (C=O) groups excluding carboxylic acids is 2. The summed E-state index contributed by atoms with van der Waals surface area (Å²) < 4.78 is 5.13. The summed E-state index contributed by atoms with van der Waals surface area (Å²) in [5, 5.41) is 6.58. The molecule has 27 heavy (non-hydrogen) atoms. The van der Waals surface area contributed by atoms with Crippen molar-refractivity contribution in [1.29, 1.82) is 0 Å². The van der Waals surface area contributed by atoms with Crippen LogP contribution in [0.3, 0.4) is 0 Å². The van der Waals surface area contributed by atoms with Crippen LogP contribution in [0.2, 0.25) is 0 Å². The van der Waals surface area contributed by atoms with Gasteiger partial charge in [0.05, 0.1) is 34.9 Å². The maximum atomic E-state index is 12.7. The number of carbonyl (C=O) groups is 2. The van der Waals surface area contributed by atoms with Crippen LogP contribution >= 0.6 is 0 Å². The Hall–Kier alpha value is -3.60. The zero-order chi connectivity index (χ0) is 18.8. The number of benzene rings is 3. The first kappa shape index (κ1) is 16.8. The second-order valence-electron chi connectivity index (χ2n) is 6.15. The van der Waals surface area contributed by atoms with E-state index in [2.05, 4.69) is 10.6 Å². The molecule has 0 fully saturated rings. The topological polar surface area (TPSA) is 67.4 Å². The number of para-hydroxylation sites is 1. The van der Waals surface area contributed by atoms with Crippen molar-refractivity contribution in [2.45, 2.75) is 6.92 Å². The van der Waals surface area contributed by atoms with Crippen LogP contribution < -0.4 is 10.6 Å². The minimum absolute atomic E-state index is 0.0359. The largest absolute Gasteiger partial charge is 0.462 e. The highest BCUT2D eigenvalue weighted by Gasteiger charge is 2.22. The molecule has 1 heterocycles. The highest BCUT2D eigenvalue weighted by Crippen LogP contribution is 2.41. The molecule has 0 saturated carbocycles. The van der Waals surface area contributed by atoms with Crippen molar-refractivity contribution in [3.63, 3.8) is 0 Å². The Morgan fingerprint density at radius 1 is 0.815 bits per heavy atom. The molecule has 0 radical (unpaired) electrons. The molecule has 134 valence electrons. The standard InChI is InChI=1S/C22H18N2O3/c1-2-27-22(26)16-9-6-10-18-20(16)24-17-12-11-15(13-19(17)23-18)21(25)14-7-4-3-5-8-14/h3-13,23-24H,2H2,1H3. The molecule has 5 heteroatoms. The minimum atomic E-state index is -0.372. The molecule has 0 aromatic heterocycles. The number of ketones is 1. The fraction of sp³-hybridized carbons (Fsp3) is 0.0909. The first-order chi connectivity index (χ1) is 13.2. The SMILES string of the molecule is CCOC(=O)c1cccc2c1Nc1ccc(C(=O)c3ccccc3)cc1N2. The molecule has 0 bridgehead atoms.